The first-order chi connectivity index (χ1) is 12.1. The fourth-order valence-electron chi connectivity index (χ4n) is 3.10. The summed E-state index contributed by atoms with van der Waals surface area (Å²) < 4.78 is 5.13. The van der Waals surface area contributed by atoms with Crippen LogP contribution in [0.4, 0.5) is 5.82 Å². The number of methoxy groups -OCH3 is 1. The Labute approximate surface area is 146 Å². The number of nitrogens with zero attached hydrogens (tertiary/aromatic N) is 2. The Bertz CT molecular complexity index is 951. The fraction of sp³-hybridized carbons (Fsp3) is 0.200. The van der Waals surface area contributed by atoms with Crippen molar-refractivity contribution in [3.05, 3.63) is 65.2 Å². The third-order valence-electron chi connectivity index (χ3n) is 4.48. The average molecular weight is 333 g/mol. The first-order valence-corrected chi connectivity index (χ1v) is 8.27. The molecule has 1 aliphatic rings. The number of aryl methyl sites for hydroxylation is 1. The molecule has 0 saturated heterocycles. The molecule has 0 atom stereocenters. The largest absolute Gasteiger partial charge is 0.497 e. The van der Waals surface area contributed by atoms with Gasteiger partial charge in [-0.15, -0.1) is 0 Å². The van der Waals surface area contributed by atoms with Gasteiger partial charge in [0.15, 0.2) is 5.82 Å². The number of hydrazine groups is 1. The summed E-state index contributed by atoms with van der Waals surface area (Å²) in [6.45, 7) is 2.77. The second kappa shape index (κ2) is 6.09. The summed E-state index contributed by atoms with van der Waals surface area (Å²) in [6, 6.07) is 15.5. The molecule has 2 aromatic carbocycles. The van der Waals surface area contributed by atoms with Gasteiger partial charge in [-0.2, -0.15) is 0 Å². The van der Waals surface area contributed by atoms with Crippen molar-refractivity contribution in [2.45, 2.75) is 13.3 Å². The molecule has 0 saturated carbocycles. The number of fused-ring (bicyclic) bond motifs is 2. The van der Waals surface area contributed by atoms with Gasteiger partial charge in [-0.1, -0.05) is 12.1 Å². The van der Waals surface area contributed by atoms with Gasteiger partial charge >= 0.3 is 0 Å². The minimum Gasteiger partial charge on any atom is -0.497 e. The van der Waals surface area contributed by atoms with Gasteiger partial charge in [0, 0.05) is 17.5 Å². The summed E-state index contributed by atoms with van der Waals surface area (Å²) in [5, 5.41) is 2.97. The number of benzene rings is 2. The standard InChI is InChI=1S/C20H19N3O2/c1-13-3-4-15-12-16-9-10-23(19(16)21-18(15)11-13)22-20(24)14-5-7-17(25-2)8-6-14/h3-8,11-12H,9-10H2,1-2H3,(H,22,24). The molecular formula is C20H19N3O2. The molecule has 1 amide bonds. The number of rotatable bonds is 3. The molecule has 1 N–H and O–H groups in total. The average Bonchev–Trinajstić information content (AvgIpc) is 3.01. The summed E-state index contributed by atoms with van der Waals surface area (Å²) >= 11 is 0. The van der Waals surface area contributed by atoms with Crippen molar-refractivity contribution in [2.75, 3.05) is 18.7 Å². The molecule has 3 aromatic rings. The highest BCUT2D eigenvalue weighted by Gasteiger charge is 2.23. The molecule has 0 radical (unpaired) electrons. The second-order valence-electron chi connectivity index (χ2n) is 6.24. The summed E-state index contributed by atoms with van der Waals surface area (Å²) in [5.41, 5.74) is 6.83. The normalized spacial score (nSPS) is 13.0. The van der Waals surface area contributed by atoms with Crippen molar-refractivity contribution in [2.24, 2.45) is 0 Å². The van der Waals surface area contributed by atoms with Crippen molar-refractivity contribution in [1.29, 1.82) is 0 Å². The van der Waals surface area contributed by atoms with Crippen LogP contribution < -0.4 is 15.2 Å². The van der Waals surface area contributed by atoms with E-state index in [-0.39, 0.29) is 5.91 Å². The molecule has 2 heterocycles. The Balaban J connectivity index is 1.60. The third-order valence-corrected chi connectivity index (χ3v) is 4.48. The number of hydrogen-bond donors (Lipinski definition) is 1. The minimum atomic E-state index is -0.151. The minimum absolute atomic E-state index is 0.151. The molecule has 5 nitrogen and oxygen atoms in total. The summed E-state index contributed by atoms with van der Waals surface area (Å²) in [7, 11) is 1.61. The Morgan fingerprint density at radius 2 is 1.96 bits per heavy atom. The topological polar surface area (TPSA) is 54.5 Å². The van der Waals surface area contributed by atoms with Crippen LogP contribution in [0.25, 0.3) is 10.9 Å². The van der Waals surface area contributed by atoms with E-state index in [1.165, 1.54) is 5.56 Å². The SMILES string of the molecule is COc1ccc(C(=O)NN2CCc3cc4ccc(C)cc4nc32)cc1. The number of anilines is 1. The van der Waals surface area contributed by atoms with Crippen LogP contribution >= 0.6 is 0 Å². The Morgan fingerprint density at radius 1 is 1.16 bits per heavy atom. The van der Waals surface area contributed by atoms with Crippen LogP contribution in [-0.2, 0) is 6.42 Å². The number of carbonyl (C=O) groups is 1. The maximum atomic E-state index is 12.5. The highest BCUT2D eigenvalue weighted by molar-refractivity contribution is 5.95. The highest BCUT2D eigenvalue weighted by Crippen LogP contribution is 2.28. The van der Waals surface area contributed by atoms with E-state index in [4.69, 9.17) is 9.72 Å². The Kier molecular flexibility index (Phi) is 3.76. The molecule has 25 heavy (non-hydrogen) atoms. The molecule has 1 aromatic heterocycles. The van der Waals surface area contributed by atoms with Gasteiger partial charge in [0.2, 0.25) is 0 Å². The lowest BCUT2D eigenvalue weighted by Crippen LogP contribution is -2.41. The van der Waals surface area contributed by atoms with E-state index in [0.717, 1.165) is 41.0 Å². The van der Waals surface area contributed by atoms with E-state index < -0.39 is 0 Å². The van der Waals surface area contributed by atoms with Gasteiger partial charge in [-0.3, -0.25) is 15.2 Å². The summed E-state index contributed by atoms with van der Waals surface area (Å²) in [6.07, 6.45) is 0.870. The third kappa shape index (κ3) is 2.89. The van der Waals surface area contributed by atoms with Crippen molar-refractivity contribution in [1.82, 2.24) is 10.4 Å². The number of nitrogens with one attached hydrogen (secondary N) is 1. The number of hydrogen-bond acceptors (Lipinski definition) is 4. The van der Waals surface area contributed by atoms with Crippen molar-refractivity contribution in [3.63, 3.8) is 0 Å². The van der Waals surface area contributed by atoms with Crippen LogP contribution in [0, 0.1) is 6.92 Å². The van der Waals surface area contributed by atoms with E-state index in [1.807, 2.05) is 5.01 Å². The predicted octanol–water partition coefficient (Wildman–Crippen LogP) is 3.26. The Morgan fingerprint density at radius 3 is 2.72 bits per heavy atom. The molecule has 0 unspecified atom stereocenters. The number of pyridine rings is 1. The van der Waals surface area contributed by atoms with Crippen molar-refractivity contribution >= 4 is 22.6 Å². The molecule has 0 aliphatic carbocycles. The zero-order valence-corrected chi connectivity index (χ0v) is 14.2. The van der Waals surface area contributed by atoms with E-state index in [9.17, 15) is 4.79 Å². The predicted molar refractivity (Wildman–Crippen MR) is 98.0 cm³/mol. The molecule has 4 rings (SSSR count). The van der Waals surface area contributed by atoms with Crippen molar-refractivity contribution < 1.29 is 9.53 Å². The smallest absolute Gasteiger partial charge is 0.269 e. The van der Waals surface area contributed by atoms with Gasteiger partial charge in [0.25, 0.3) is 5.91 Å². The second-order valence-corrected chi connectivity index (χ2v) is 6.24. The number of carbonyl (C=O) groups excluding carboxylic acids is 1. The molecule has 126 valence electrons. The van der Waals surface area contributed by atoms with Gasteiger partial charge in [-0.25, -0.2) is 4.98 Å². The summed E-state index contributed by atoms with van der Waals surface area (Å²) in [4.78, 5) is 17.3. The lowest BCUT2D eigenvalue weighted by atomic mass is 10.1. The lowest BCUT2D eigenvalue weighted by molar-refractivity contribution is 0.0949. The molecular weight excluding hydrogens is 314 g/mol. The first-order valence-electron chi connectivity index (χ1n) is 8.27. The molecule has 0 bridgehead atoms. The summed E-state index contributed by atoms with van der Waals surface area (Å²) in [5.74, 6) is 1.41. The van der Waals surface area contributed by atoms with Crippen molar-refractivity contribution in [3.8, 4) is 5.75 Å². The number of ether oxygens (including phenoxy) is 1. The monoisotopic (exact) mass is 333 g/mol. The maximum Gasteiger partial charge on any atom is 0.269 e. The quantitative estimate of drug-likeness (QED) is 0.799. The van der Waals surface area contributed by atoms with E-state index in [0.29, 0.717) is 5.56 Å². The van der Waals surface area contributed by atoms with Gasteiger partial charge in [0.1, 0.15) is 5.75 Å². The zero-order valence-electron chi connectivity index (χ0n) is 14.2. The molecule has 5 heteroatoms. The van der Waals surface area contributed by atoms with Crippen LogP contribution in [0.3, 0.4) is 0 Å². The van der Waals surface area contributed by atoms with Crippen LogP contribution in [0.5, 0.6) is 5.75 Å². The molecule has 0 fully saturated rings. The first kappa shape index (κ1) is 15.4. The highest BCUT2D eigenvalue weighted by atomic mass is 16.5. The van der Waals surface area contributed by atoms with Crippen LogP contribution in [0.1, 0.15) is 21.5 Å². The van der Waals surface area contributed by atoms with E-state index >= 15 is 0 Å². The van der Waals surface area contributed by atoms with Gasteiger partial charge in [-0.05, 0) is 60.9 Å². The van der Waals surface area contributed by atoms with Gasteiger partial charge < -0.3 is 4.74 Å². The molecule has 1 aliphatic heterocycles. The maximum absolute atomic E-state index is 12.5. The van der Waals surface area contributed by atoms with E-state index in [1.54, 1.807) is 31.4 Å². The van der Waals surface area contributed by atoms with Crippen LogP contribution in [-0.4, -0.2) is 24.5 Å². The number of amides is 1. The Hall–Kier alpha value is -3.08. The lowest BCUT2D eigenvalue weighted by Gasteiger charge is -2.19. The van der Waals surface area contributed by atoms with Crippen LogP contribution in [0.2, 0.25) is 0 Å². The van der Waals surface area contributed by atoms with E-state index in [2.05, 4.69) is 36.6 Å². The van der Waals surface area contributed by atoms with Crippen LogP contribution in [0.15, 0.2) is 48.5 Å². The number of aromatic nitrogens is 1. The van der Waals surface area contributed by atoms with Gasteiger partial charge in [0.05, 0.1) is 12.6 Å². The fourth-order valence-corrected chi connectivity index (χ4v) is 3.10. The zero-order chi connectivity index (χ0) is 17.4. The molecule has 0 spiro atoms.